The molecule has 6 aromatic carbocycles. The molecule has 107 heavy (non-hydrogen) atoms. The molecule has 0 spiro atoms. The first kappa shape index (κ1) is 85.8. The van der Waals surface area contributed by atoms with Crippen LogP contribution in [0.5, 0.6) is 17.2 Å². The van der Waals surface area contributed by atoms with Gasteiger partial charge in [-0.1, -0.05) is 24.3 Å². The van der Waals surface area contributed by atoms with Crippen LogP contribution in [0.1, 0.15) is 106 Å². The van der Waals surface area contributed by atoms with E-state index >= 15 is 0 Å². The number of aldehydes is 1. The van der Waals surface area contributed by atoms with E-state index in [1.54, 1.807) is 62.9 Å². The normalized spacial score (nSPS) is 12.7. The van der Waals surface area contributed by atoms with Crippen LogP contribution in [-0.2, 0) is 59.3 Å². The number of anilines is 3. The molecule has 0 atom stereocenters. The van der Waals surface area contributed by atoms with E-state index in [4.69, 9.17) is 49.3 Å². The number of carboxylic acids is 1. The minimum Gasteiger partial charge on any atom is -0.497 e. The first-order chi connectivity index (χ1) is 50.6. The van der Waals surface area contributed by atoms with Crippen molar-refractivity contribution < 1.29 is 73.6 Å². The number of carbonyl (C=O) groups is 3. The van der Waals surface area contributed by atoms with Gasteiger partial charge in [0.25, 0.3) is 19.1 Å². The Morgan fingerprint density at radius 3 is 1.66 bits per heavy atom. The second-order valence-corrected chi connectivity index (χ2v) is 30.6. The topological polar surface area (TPSA) is 409 Å². The first-order valence-electron chi connectivity index (χ1n) is 32.5. The monoisotopic (exact) mass is 1580 g/mol. The lowest BCUT2D eigenvalue weighted by Crippen LogP contribution is -2.40. The number of hydrogen-bond donors (Lipinski definition) is 5. The van der Waals surface area contributed by atoms with E-state index in [0.717, 1.165) is 89.7 Å². The van der Waals surface area contributed by atoms with Gasteiger partial charge in [0.05, 0.1) is 60.8 Å². The lowest BCUT2D eigenvalue weighted by atomic mass is 9.95. The van der Waals surface area contributed by atoms with Crippen molar-refractivity contribution >= 4 is 129 Å². The number of aromatic nitrogens is 8. The summed E-state index contributed by atoms with van der Waals surface area (Å²) in [4.78, 5) is 73.9. The van der Waals surface area contributed by atoms with Gasteiger partial charge in [0.2, 0.25) is 10.3 Å². The molecule has 3 aliphatic rings. The number of H-pyrrole nitrogens is 2. The number of sulfonamides is 1. The molecule has 569 valence electrons. The summed E-state index contributed by atoms with van der Waals surface area (Å²) in [6.45, 7) is 16.9. The smallest absolute Gasteiger partial charge is 0.417 e. The predicted octanol–water partition coefficient (Wildman–Crippen LogP) is 12.0. The van der Waals surface area contributed by atoms with Crippen LogP contribution in [0.15, 0.2) is 156 Å². The Kier molecular flexibility index (Phi) is 33.5. The van der Waals surface area contributed by atoms with Crippen LogP contribution in [-0.4, -0.2) is 152 Å². The largest absolute Gasteiger partial charge is 0.497 e. The summed E-state index contributed by atoms with van der Waals surface area (Å²) in [5, 5.41) is 14.0. The molecule has 1 amide bonds. The van der Waals surface area contributed by atoms with Crippen LogP contribution >= 0.6 is 45.3 Å². The number of rotatable bonds is 14. The molecule has 11 aromatic rings. The van der Waals surface area contributed by atoms with Crippen LogP contribution in [0.25, 0.3) is 22.2 Å². The Morgan fingerprint density at radius 2 is 1.21 bits per heavy atom. The number of carboxylic acid groups (broad SMARTS) is 1. The van der Waals surface area contributed by atoms with Crippen molar-refractivity contribution in [2.45, 2.75) is 109 Å². The fourth-order valence-corrected chi connectivity index (χ4v) is 13.4. The standard InChI is InChI=1S/C18H16N4O5S2.C15H19NO4.C11H13N3OS.C9H10O2.C7H4ClNO4S.2C4H8O.C2H3N3S.B/c1-11-7-13(26-2)4-3-12(11)9-22(17-19-10-20-28-17)29(24,25)14-5-6-15-16(8-14)27-18(23)21-15;1-15(2,3)20-14(19)16-8-7-10-5-4-6-11(13(17)18)12(10)9-16;1-8-5-10(15-2)4-3-9(8)6-12-11-13-7-14-16-11;1-7-5-9(11-2)4-3-8(7)6-10;8-14(11,12)4-1-2-5-6(3-4)13-7(10)9-5;2*1-2-4-5-3-1;3-2-4-1-5-6-2;/h3-8,10H,9H2,1-2H3,(H,21,23);4-6H,7-9H2,1-3H3,(H,17,18);3-5,7H,6H2,1-2H3,(H,12,13,14);3-6H,1-2H3;1-3H,(H,9,10);2*1-4H2;1H,(H2,3,4,5);. The fraction of sp³-hybridized carbons (Fsp3) is 0.329. The maximum Gasteiger partial charge on any atom is 0.417 e. The van der Waals surface area contributed by atoms with Crippen molar-refractivity contribution in [1.82, 2.24) is 42.9 Å². The summed E-state index contributed by atoms with van der Waals surface area (Å²) in [5.74, 6) is 0.108. The zero-order valence-corrected chi connectivity index (χ0v) is 64.8. The number of aryl methyl sites for hydroxylation is 3. The minimum atomic E-state index is -4.00. The summed E-state index contributed by atoms with van der Waals surface area (Å²) < 4.78 is 102. The van der Waals surface area contributed by atoms with E-state index in [-0.39, 0.29) is 53.2 Å². The van der Waals surface area contributed by atoms with Gasteiger partial charge < -0.3 is 58.3 Å². The maximum absolute atomic E-state index is 13.4. The third kappa shape index (κ3) is 27.0. The van der Waals surface area contributed by atoms with Crippen molar-refractivity contribution in [2.24, 2.45) is 0 Å². The van der Waals surface area contributed by atoms with E-state index in [1.807, 2.05) is 71.0 Å². The Labute approximate surface area is 636 Å². The molecular weight excluding hydrogens is 1500 g/mol. The lowest BCUT2D eigenvalue weighted by Gasteiger charge is -2.31. The summed E-state index contributed by atoms with van der Waals surface area (Å²) in [6.07, 6.45) is 10.5. The van der Waals surface area contributed by atoms with Gasteiger partial charge in [-0.05, 0) is 185 Å². The van der Waals surface area contributed by atoms with Gasteiger partial charge in [0.15, 0.2) is 16.3 Å². The summed E-state index contributed by atoms with van der Waals surface area (Å²) >= 11 is 3.53. The molecule has 37 heteroatoms. The molecule has 0 unspecified atom stereocenters. The zero-order valence-electron chi connectivity index (χ0n) is 59.9. The van der Waals surface area contributed by atoms with Crippen molar-refractivity contribution in [1.29, 1.82) is 0 Å². The highest BCUT2D eigenvalue weighted by Crippen LogP contribution is 2.31. The van der Waals surface area contributed by atoms with E-state index < -0.39 is 48.2 Å². The molecule has 3 radical (unpaired) electrons. The molecule has 0 bridgehead atoms. The summed E-state index contributed by atoms with van der Waals surface area (Å²) in [5.41, 5.74) is 13.5. The molecular formula is C70H81BClN12O18S5. The fourth-order valence-electron chi connectivity index (χ4n) is 9.74. The Morgan fingerprint density at radius 1 is 0.692 bits per heavy atom. The first-order valence-corrected chi connectivity index (χ1v) is 38.5. The third-order valence-electron chi connectivity index (χ3n) is 15.2. The van der Waals surface area contributed by atoms with Gasteiger partial charge in [0, 0.05) is 111 Å². The Balaban J connectivity index is 0.000000203. The number of methoxy groups -OCH3 is 3. The number of aromatic amines is 2. The maximum atomic E-state index is 13.4. The van der Waals surface area contributed by atoms with Crippen LogP contribution < -0.4 is 41.1 Å². The van der Waals surface area contributed by atoms with Crippen LogP contribution in [0.2, 0.25) is 0 Å². The Bertz CT molecular complexity index is 4970. The molecule has 2 saturated heterocycles. The van der Waals surface area contributed by atoms with E-state index in [1.165, 1.54) is 113 Å². The summed E-state index contributed by atoms with van der Waals surface area (Å²) in [6, 6.07) is 30.2. The number of carbonyl (C=O) groups excluding carboxylic acids is 2. The van der Waals surface area contributed by atoms with Crippen molar-refractivity contribution in [2.75, 3.05) is 69.7 Å². The highest BCUT2D eigenvalue weighted by atomic mass is 35.7. The molecule has 2 fully saturated rings. The molecule has 5 aromatic heterocycles. The van der Waals surface area contributed by atoms with Crippen LogP contribution in [0.3, 0.4) is 0 Å². The summed E-state index contributed by atoms with van der Waals surface area (Å²) in [7, 11) is 2.17. The SMILES string of the molecule is C1CCOC1.C1CCOC1.CC(C)(C)OC(=O)N1CCc2cccc(C(=O)O)c2C1.COc1ccc(C=O)c(C)c1.COc1ccc(CN(c2ncns2)S(=O)(=O)c2ccc3[nH]c(=O)oc3c2)c(C)c1.COc1ccc(CNc2ncns2)c(C)c1.Nc1ncns1.O=c1[nH]c2ccc(S(=O)(=O)Cl)cc2o1.[B]. The van der Waals surface area contributed by atoms with Gasteiger partial charge in [-0.3, -0.25) is 14.8 Å². The number of ether oxygens (including phenoxy) is 6. The number of nitrogens with zero attached hydrogens (tertiary/aromatic N) is 8. The molecule has 8 heterocycles. The highest BCUT2D eigenvalue weighted by molar-refractivity contribution is 8.13. The number of nitrogens with two attached hydrogens (primary N) is 1. The van der Waals surface area contributed by atoms with Gasteiger partial charge in [-0.2, -0.15) is 13.1 Å². The van der Waals surface area contributed by atoms with E-state index in [2.05, 4.69) is 60.8 Å². The minimum absolute atomic E-state index is 0. The van der Waals surface area contributed by atoms with Crippen LogP contribution in [0, 0.1) is 20.8 Å². The average Bonchev–Trinajstić information content (AvgIpc) is 1.76. The average molecular weight is 1590 g/mol. The number of halogens is 1. The van der Waals surface area contributed by atoms with E-state index in [9.17, 15) is 45.9 Å². The van der Waals surface area contributed by atoms with Gasteiger partial charge >= 0.3 is 23.6 Å². The lowest BCUT2D eigenvalue weighted by molar-refractivity contribution is 0.0221. The van der Waals surface area contributed by atoms with Gasteiger partial charge in [-0.25, -0.2) is 55.3 Å². The van der Waals surface area contributed by atoms with Gasteiger partial charge in [-0.15, -0.1) is 0 Å². The number of benzene rings is 6. The number of fused-ring (bicyclic) bond motifs is 3. The van der Waals surface area contributed by atoms with Crippen molar-refractivity contribution in [3.63, 3.8) is 0 Å². The molecule has 3 aliphatic heterocycles. The van der Waals surface area contributed by atoms with Crippen LogP contribution in [0.4, 0.5) is 20.2 Å². The highest BCUT2D eigenvalue weighted by Gasteiger charge is 2.30. The number of nitrogen functional groups attached to an aromatic ring is 1. The number of nitrogens with one attached hydrogen (secondary N) is 3. The number of hydrogen-bond acceptors (Lipinski definition) is 28. The number of amides is 1. The molecule has 0 saturated carbocycles. The van der Waals surface area contributed by atoms with Gasteiger partial charge in [0.1, 0.15) is 48.1 Å². The zero-order chi connectivity index (χ0) is 77.0. The molecule has 30 nitrogen and oxygen atoms in total. The second-order valence-electron chi connectivity index (χ2n) is 23.9. The van der Waals surface area contributed by atoms with Crippen molar-refractivity contribution in [3.8, 4) is 17.2 Å². The molecule has 14 rings (SSSR count). The molecule has 6 N–H and O–H groups in total. The van der Waals surface area contributed by atoms with E-state index in [0.29, 0.717) is 46.0 Å². The van der Waals surface area contributed by atoms with Crippen molar-refractivity contribution in [3.05, 3.63) is 199 Å². The molecule has 0 aliphatic carbocycles. The third-order valence-corrected chi connectivity index (χ3v) is 20.2. The predicted molar refractivity (Wildman–Crippen MR) is 410 cm³/mol. The quantitative estimate of drug-likeness (QED) is 0.0383. The number of oxazole rings is 2. The second kappa shape index (κ2) is 41.7. The Hall–Kier alpha value is -10.1. The number of aromatic carboxylic acids is 1.